The summed E-state index contributed by atoms with van der Waals surface area (Å²) in [5.41, 5.74) is 12.0. The normalized spacial score (nSPS) is 21.8. The Kier molecular flexibility index (Phi) is 6.19. The van der Waals surface area contributed by atoms with Crippen molar-refractivity contribution in [2.45, 2.75) is 25.4 Å². The van der Waals surface area contributed by atoms with Gasteiger partial charge in [0, 0.05) is 4.88 Å². The summed E-state index contributed by atoms with van der Waals surface area (Å²) in [7, 11) is 1.76. The van der Waals surface area contributed by atoms with Crippen LogP contribution in [-0.2, 0) is 4.74 Å². The summed E-state index contributed by atoms with van der Waals surface area (Å²) >= 11 is 1.25. The summed E-state index contributed by atoms with van der Waals surface area (Å²) in [5.74, 6) is -0.560. The highest BCUT2D eigenvalue weighted by atomic mass is 32.1. The van der Waals surface area contributed by atoms with Gasteiger partial charge in [-0.25, -0.2) is 18.9 Å². The molecule has 2 unspecified atom stereocenters. The van der Waals surface area contributed by atoms with Gasteiger partial charge < -0.3 is 16.2 Å². The minimum absolute atomic E-state index is 0.0310. The Morgan fingerprint density at radius 2 is 1.90 bits per heavy atom. The van der Waals surface area contributed by atoms with E-state index in [4.69, 9.17) is 16.2 Å². The van der Waals surface area contributed by atoms with E-state index in [1.165, 1.54) is 11.3 Å². The molecule has 2 atom stereocenters. The third kappa shape index (κ3) is 4.93. The van der Waals surface area contributed by atoms with Gasteiger partial charge >= 0.3 is 18.0 Å². The Morgan fingerprint density at radius 1 is 1.17 bits per heavy atom. The Balaban J connectivity index is 1.84. The fourth-order valence-corrected chi connectivity index (χ4v) is 4.52. The van der Waals surface area contributed by atoms with Crippen LogP contribution < -0.4 is 16.8 Å². The lowest BCUT2D eigenvalue weighted by Crippen LogP contribution is -2.55. The number of nitrogens with zero attached hydrogens (tertiary/aromatic N) is 1. The van der Waals surface area contributed by atoms with E-state index in [1.54, 1.807) is 13.1 Å². The molecule has 1 fully saturated rings. The molecule has 1 aromatic heterocycles. The van der Waals surface area contributed by atoms with E-state index in [9.17, 15) is 14.4 Å². The number of likely N-dealkylation sites (N-methyl/N-ethyl adjacent to an activating group) is 1. The Morgan fingerprint density at radius 3 is 2.55 bits per heavy atom. The first-order chi connectivity index (χ1) is 13.8. The number of rotatable bonds is 4. The molecule has 3 rings (SSSR count). The number of amides is 4. The molecule has 0 saturated carbocycles. The molecule has 8 nitrogen and oxygen atoms in total. The Bertz CT molecular complexity index is 914. The molecule has 1 aliphatic rings. The number of ether oxygens (including phenoxy) is 1. The summed E-state index contributed by atoms with van der Waals surface area (Å²) in [5, 5.41) is 2.84. The first-order valence-electron chi connectivity index (χ1n) is 9.40. The van der Waals surface area contributed by atoms with E-state index in [-0.39, 0.29) is 10.0 Å². The van der Waals surface area contributed by atoms with Gasteiger partial charge in [-0.05, 0) is 30.9 Å². The third-order valence-corrected chi connectivity index (χ3v) is 6.19. The van der Waals surface area contributed by atoms with E-state index in [2.05, 4.69) is 5.32 Å². The lowest BCUT2D eigenvalue weighted by Gasteiger charge is -2.30. The lowest BCUT2D eigenvalue weighted by molar-refractivity contribution is -0.831. The zero-order valence-corrected chi connectivity index (χ0v) is 17.0. The number of carbonyl (C=O) groups is 3. The maximum absolute atomic E-state index is 12.9. The number of hydrogen-bond acceptors (Lipinski definition) is 5. The highest BCUT2D eigenvalue weighted by Gasteiger charge is 2.36. The monoisotopic (exact) mass is 417 g/mol. The van der Waals surface area contributed by atoms with Crippen LogP contribution in [0.1, 0.15) is 29.6 Å². The van der Waals surface area contributed by atoms with Gasteiger partial charge in [-0.2, -0.15) is 0 Å². The molecule has 0 aliphatic carbocycles. The van der Waals surface area contributed by atoms with Crippen LogP contribution in [0.4, 0.5) is 14.6 Å². The van der Waals surface area contributed by atoms with Crippen LogP contribution >= 0.6 is 11.3 Å². The van der Waals surface area contributed by atoms with Crippen molar-refractivity contribution in [3.8, 4) is 10.4 Å². The lowest BCUT2D eigenvalue weighted by atomic mass is 10.1. The van der Waals surface area contributed by atoms with Crippen molar-refractivity contribution in [1.29, 1.82) is 0 Å². The summed E-state index contributed by atoms with van der Waals surface area (Å²) in [6, 6.07) is 10.00. The van der Waals surface area contributed by atoms with Gasteiger partial charge in [0.05, 0.1) is 19.2 Å². The summed E-state index contributed by atoms with van der Waals surface area (Å²) in [4.78, 5) is 37.0. The molecule has 1 aromatic carbocycles. The topological polar surface area (TPSA) is 125 Å². The van der Waals surface area contributed by atoms with Crippen LogP contribution in [0.3, 0.4) is 0 Å². The second-order valence-electron chi connectivity index (χ2n) is 7.37. The molecule has 1 aliphatic heterocycles. The van der Waals surface area contributed by atoms with Crippen LogP contribution in [0.5, 0.6) is 0 Å². The number of hydrogen-bond donors (Lipinski definition) is 3. The van der Waals surface area contributed by atoms with Crippen LogP contribution in [0, 0.1) is 0 Å². The van der Waals surface area contributed by atoms with Crippen molar-refractivity contribution in [3.05, 3.63) is 42.0 Å². The molecule has 0 spiro atoms. The first-order valence-corrected chi connectivity index (χ1v) is 10.2. The van der Waals surface area contributed by atoms with Crippen LogP contribution in [0.15, 0.2) is 36.4 Å². The fourth-order valence-electron chi connectivity index (χ4n) is 3.47. The van der Waals surface area contributed by atoms with Gasteiger partial charge in [0.15, 0.2) is 6.10 Å². The number of quaternary nitrogens is 1. The molecule has 4 amide bonds. The van der Waals surface area contributed by atoms with Gasteiger partial charge in [0.2, 0.25) is 0 Å². The summed E-state index contributed by atoms with van der Waals surface area (Å²) < 4.78 is 5.76. The maximum atomic E-state index is 12.9. The zero-order valence-electron chi connectivity index (χ0n) is 16.2. The number of thiophene rings is 1. The largest absolute Gasteiger partial charge is 0.453 e. The molecular weight excluding hydrogens is 392 g/mol. The molecule has 0 bridgehead atoms. The van der Waals surface area contributed by atoms with Crippen molar-refractivity contribution in [2.24, 2.45) is 11.5 Å². The quantitative estimate of drug-likeness (QED) is 0.522. The Hall–Kier alpha value is -2.91. The molecule has 29 heavy (non-hydrogen) atoms. The number of nitrogens with two attached hydrogens (primary N) is 2. The van der Waals surface area contributed by atoms with Crippen molar-refractivity contribution in [3.63, 3.8) is 0 Å². The molecule has 0 radical (unpaired) electrons. The predicted octanol–water partition coefficient (Wildman–Crippen LogP) is 3.14. The highest BCUT2D eigenvalue weighted by Crippen LogP contribution is 2.36. The highest BCUT2D eigenvalue weighted by molar-refractivity contribution is 7.20. The number of benzene rings is 1. The second-order valence-corrected chi connectivity index (χ2v) is 8.42. The molecule has 2 aromatic rings. The molecule has 2 heterocycles. The van der Waals surface area contributed by atoms with E-state index in [0.717, 1.165) is 23.3 Å². The van der Waals surface area contributed by atoms with E-state index in [0.29, 0.717) is 24.5 Å². The number of esters is 1. The van der Waals surface area contributed by atoms with Gasteiger partial charge in [-0.1, -0.05) is 30.3 Å². The second kappa shape index (κ2) is 8.62. The maximum Gasteiger partial charge on any atom is 0.413 e. The number of likely N-dealkylation sites (tertiary alicyclic amines) is 1. The molecule has 9 heteroatoms. The standard InChI is InChI=1S/C20H24N4O4S/c1-24(20(22)27)10-6-5-9-14(12-24)28-18(25)15-11-16(13-7-3-2-4-8-13)29-17(15)23-19(21)26/h2-4,7-8,11,14H,5-6,9-10,12H2,1H3,(H4-,21,22,23,25,26,27)/p+1. The van der Waals surface area contributed by atoms with E-state index < -0.39 is 24.1 Å². The predicted molar refractivity (Wildman–Crippen MR) is 112 cm³/mol. The minimum Gasteiger partial charge on any atom is -0.453 e. The van der Waals surface area contributed by atoms with Gasteiger partial charge in [0.25, 0.3) is 0 Å². The third-order valence-electron chi connectivity index (χ3n) is 5.09. The average Bonchev–Trinajstić information content (AvgIpc) is 2.98. The van der Waals surface area contributed by atoms with Crippen molar-refractivity contribution < 1.29 is 23.6 Å². The smallest absolute Gasteiger partial charge is 0.413 e. The average molecular weight is 418 g/mol. The van der Waals surface area contributed by atoms with Crippen molar-refractivity contribution in [1.82, 2.24) is 0 Å². The number of primary amides is 2. The first kappa shape index (κ1) is 20.8. The van der Waals surface area contributed by atoms with Gasteiger partial charge in [-0.15, -0.1) is 11.3 Å². The van der Waals surface area contributed by atoms with E-state index >= 15 is 0 Å². The summed E-state index contributed by atoms with van der Waals surface area (Å²) in [6.45, 7) is 0.948. The van der Waals surface area contributed by atoms with Crippen LogP contribution in [-0.4, -0.2) is 48.8 Å². The Labute approximate surface area is 173 Å². The number of carbonyl (C=O) groups excluding carboxylic acids is 3. The number of nitrogens with one attached hydrogen (secondary N) is 1. The van der Waals surface area contributed by atoms with E-state index in [1.807, 2.05) is 30.3 Å². The minimum atomic E-state index is -0.757. The molecule has 154 valence electrons. The molecule has 1 saturated heterocycles. The van der Waals surface area contributed by atoms with Crippen molar-refractivity contribution in [2.75, 3.05) is 25.5 Å². The fraction of sp³-hybridized carbons (Fsp3) is 0.350. The molecular formula is C20H25N4O4S+. The molecule has 5 N–H and O–H groups in total. The van der Waals surface area contributed by atoms with Gasteiger partial charge in [0.1, 0.15) is 11.5 Å². The van der Waals surface area contributed by atoms with Crippen LogP contribution in [0.2, 0.25) is 0 Å². The zero-order chi connectivity index (χ0) is 21.0. The van der Waals surface area contributed by atoms with Crippen LogP contribution in [0.25, 0.3) is 10.4 Å². The summed E-state index contributed by atoms with van der Waals surface area (Å²) in [6.07, 6.45) is 1.88. The number of anilines is 1. The number of urea groups is 2. The van der Waals surface area contributed by atoms with Crippen molar-refractivity contribution >= 4 is 34.4 Å². The van der Waals surface area contributed by atoms with Gasteiger partial charge in [-0.3, -0.25) is 5.32 Å². The SMILES string of the molecule is C[N+]1(C(N)=O)CCCCC(OC(=O)c2cc(-c3ccccc3)sc2NC(N)=O)C1.